The second-order valence-corrected chi connectivity index (χ2v) is 7.54. The zero-order valence-corrected chi connectivity index (χ0v) is 16.2. The van der Waals surface area contributed by atoms with Crippen LogP contribution < -0.4 is 10.6 Å². The lowest BCUT2D eigenvalue weighted by atomic mass is 9.84. The first-order valence-corrected chi connectivity index (χ1v) is 9.70. The van der Waals surface area contributed by atoms with Crippen LogP contribution in [-0.2, 0) is 14.3 Å². The normalized spacial score (nSPS) is 17.5. The fraction of sp³-hybridized carbons (Fsp3) is 0.619. The maximum atomic E-state index is 12.6. The molecule has 1 saturated heterocycles. The molecule has 144 valence electrons. The average Bonchev–Trinajstić information content (AvgIpc) is 2.62. The van der Waals surface area contributed by atoms with Gasteiger partial charge >= 0.3 is 5.97 Å². The summed E-state index contributed by atoms with van der Waals surface area (Å²) in [7, 11) is 0. The smallest absolute Gasteiger partial charge is 0.308 e. The highest BCUT2D eigenvalue weighted by atomic mass is 16.5. The number of ether oxygens (including phenoxy) is 1. The molecule has 0 aromatic heterocycles. The van der Waals surface area contributed by atoms with Crippen LogP contribution in [0.5, 0.6) is 0 Å². The second-order valence-electron chi connectivity index (χ2n) is 7.54. The topological polar surface area (TPSA) is 67.4 Å². The Kier molecular flexibility index (Phi) is 8.10. The van der Waals surface area contributed by atoms with Crippen LogP contribution in [0.25, 0.3) is 0 Å². The maximum Gasteiger partial charge on any atom is 0.308 e. The van der Waals surface area contributed by atoms with Crippen molar-refractivity contribution >= 4 is 11.9 Å². The van der Waals surface area contributed by atoms with Crippen molar-refractivity contribution < 1.29 is 14.3 Å². The van der Waals surface area contributed by atoms with Gasteiger partial charge < -0.3 is 15.4 Å². The minimum absolute atomic E-state index is 0.00207. The van der Waals surface area contributed by atoms with Crippen molar-refractivity contribution in [3.8, 4) is 0 Å². The Morgan fingerprint density at radius 1 is 1.12 bits per heavy atom. The van der Waals surface area contributed by atoms with Crippen molar-refractivity contribution in [2.75, 3.05) is 13.1 Å². The molecule has 1 heterocycles. The number of nitrogens with one attached hydrogen (secondary N) is 2. The SMILES string of the molecule is CC(C)OC(=O)CC(NC(=O)CC(C)C1CCNCC1)c1ccccc1. The molecule has 26 heavy (non-hydrogen) atoms. The summed E-state index contributed by atoms with van der Waals surface area (Å²) >= 11 is 0. The lowest BCUT2D eigenvalue weighted by molar-refractivity contribution is -0.148. The summed E-state index contributed by atoms with van der Waals surface area (Å²) in [6, 6.07) is 9.27. The van der Waals surface area contributed by atoms with E-state index < -0.39 is 0 Å². The van der Waals surface area contributed by atoms with E-state index in [-0.39, 0.29) is 30.4 Å². The molecule has 1 fully saturated rings. The molecule has 1 aliphatic heterocycles. The van der Waals surface area contributed by atoms with Crippen LogP contribution in [0.1, 0.15) is 58.1 Å². The van der Waals surface area contributed by atoms with Gasteiger partial charge in [0.05, 0.1) is 18.6 Å². The van der Waals surface area contributed by atoms with Crippen LogP contribution in [0, 0.1) is 11.8 Å². The molecule has 5 nitrogen and oxygen atoms in total. The van der Waals surface area contributed by atoms with E-state index in [1.807, 2.05) is 44.2 Å². The van der Waals surface area contributed by atoms with E-state index in [9.17, 15) is 9.59 Å². The van der Waals surface area contributed by atoms with Gasteiger partial charge in [0.25, 0.3) is 0 Å². The van der Waals surface area contributed by atoms with Crippen molar-refractivity contribution in [2.24, 2.45) is 11.8 Å². The molecular formula is C21H32N2O3. The van der Waals surface area contributed by atoms with Crippen LogP contribution in [-0.4, -0.2) is 31.1 Å². The molecule has 2 N–H and O–H groups in total. The Labute approximate surface area is 156 Å². The number of rotatable bonds is 8. The first-order valence-electron chi connectivity index (χ1n) is 9.70. The van der Waals surface area contributed by atoms with Gasteiger partial charge in [-0.1, -0.05) is 37.3 Å². The molecule has 2 unspecified atom stereocenters. The summed E-state index contributed by atoms with van der Waals surface area (Å²) in [4.78, 5) is 24.7. The largest absolute Gasteiger partial charge is 0.463 e. The highest BCUT2D eigenvalue weighted by molar-refractivity contribution is 5.78. The summed E-state index contributed by atoms with van der Waals surface area (Å²) in [5, 5.41) is 6.41. The highest BCUT2D eigenvalue weighted by Gasteiger charge is 2.24. The zero-order valence-electron chi connectivity index (χ0n) is 16.2. The van der Waals surface area contributed by atoms with Gasteiger partial charge in [0.2, 0.25) is 5.91 Å². The third-order valence-corrected chi connectivity index (χ3v) is 4.97. The van der Waals surface area contributed by atoms with Crippen LogP contribution in [0.4, 0.5) is 0 Å². The van der Waals surface area contributed by atoms with Crippen LogP contribution >= 0.6 is 0 Å². The van der Waals surface area contributed by atoms with Gasteiger partial charge in [-0.15, -0.1) is 0 Å². The number of hydrogen-bond donors (Lipinski definition) is 2. The van der Waals surface area contributed by atoms with Crippen LogP contribution in [0.3, 0.4) is 0 Å². The molecule has 5 heteroatoms. The molecule has 1 aromatic rings. The summed E-state index contributed by atoms with van der Waals surface area (Å²) in [5.41, 5.74) is 0.927. The van der Waals surface area contributed by atoms with E-state index in [1.165, 1.54) is 0 Å². The molecular weight excluding hydrogens is 328 g/mol. The van der Waals surface area contributed by atoms with Gasteiger partial charge in [-0.3, -0.25) is 9.59 Å². The number of piperidine rings is 1. The van der Waals surface area contributed by atoms with E-state index in [0.29, 0.717) is 18.3 Å². The molecule has 0 aliphatic carbocycles. The predicted octanol–water partition coefficient (Wildman–Crippen LogP) is 3.21. The quantitative estimate of drug-likeness (QED) is 0.699. The monoisotopic (exact) mass is 360 g/mol. The lowest BCUT2D eigenvalue weighted by Crippen LogP contribution is -2.35. The second kappa shape index (κ2) is 10.3. The Morgan fingerprint density at radius 2 is 1.77 bits per heavy atom. The molecule has 1 aliphatic rings. The van der Waals surface area contributed by atoms with E-state index in [2.05, 4.69) is 17.6 Å². The lowest BCUT2D eigenvalue weighted by Gasteiger charge is -2.28. The van der Waals surface area contributed by atoms with Crippen molar-refractivity contribution in [3.05, 3.63) is 35.9 Å². The molecule has 0 bridgehead atoms. The summed E-state index contributed by atoms with van der Waals surface area (Å²) in [5.74, 6) is 0.641. The van der Waals surface area contributed by atoms with E-state index in [1.54, 1.807) is 0 Å². The number of carbonyl (C=O) groups excluding carboxylic acids is 2. The zero-order chi connectivity index (χ0) is 18.9. The molecule has 0 saturated carbocycles. The van der Waals surface area contributed by atoms with Gasteiger partial charge in [0.15, 0.2) is 0 Å². The minimum Gasteiger partial charge on any atom is -0.463 e. The summed E-state index contributed by atoms with van der Waals surface area (Å²) in [6.45, 7) is 7.87. The van der Waals surface area contributed by atoms with Gasteiger partial charge in [0.1, 0.15) is 0 Å². The molecule has 1 amide bonds. The Balaban J connectivity index is 1.96. The Hall–Kier alpha value is -1.88. The first-order chi connectivity index (χ1) is 12.5. The number of esters is 1. The van der Waals surface area contributed by atoms with Crippen LogP contribution in [0.2, 0.25) is 0 Å². The summed E-state index contributed by atoms with van der Waals surface area (Å²) in [6.07, 6.45) is 2.73. The van der Waals surface area contributed by atoms with E-state index in [4.69, 9.17) is 4.74 Å². The van der Waals surface area contributed by atoms with Crippen molar-refractivity contribution in [1.82, 2.24) is 10.6 Å². The first kappa shape index (κ1) is 20.4. The predicted molar refractivity (Wildman–Crippen MR) is 103 cm³/mol. The van der Waals surface area contributed by atoms with E-state index in [0.717, 1.165) is 31.5 Å². The Morgan fingerprint density at radius 3 is 2.38 bits per heavy atom. The van der Waals surface area contributed by atoms with Gasteiger partial charge in [0, 0.05) is 6.42 Å². The van der Waals surface area contributed by atoms with E-state index >= 15 is 0 Å². The number of amides is 1. The average molecular weight is 360 g/mol. The standard InChI is InChI=1S/C21H32N2O3/c1-15(2)26-21(25)14-19(18-7-5-4-6-8-18)23-20(24)13-16(3)17-9-11-22-12-10-17/h4-8,15-17,19,22H,9-14H2,1-3H3,(H,23,24). The van der Waals surface area contributed by atoms with Gasteiger partial charge in [-0.05, 0) is 57.2 Å². The van der Waals surface area contributed by atoms with Gasteiger partial charge in [-0.25, -0.2) is 0 Å². The Bertz CT molecular complexity index is 568. The van der Waals surface area contributed by atoms with Crippen molar-refractivity contribution in [2.45, 2.75) is 58.6 Å². The fourth-order valence-electron chi connectivity index (χ4n) is 3.54. The number of benzene rings is 1. The fourth-order valence-corrected chi connectivity index (χ4v) is 3.54. The minimum atomic E-state index is -0.352. The maximum absolute atomic E-state index is 12.6. The van der Waals surface area contributed by atoms with Gasteiger partial charge in [-0.2, -0.15) is 0 Å². The number of hydrogen-bond acceptors (Lipinski definition) is 4. The molecule has 0 spiro atoms. The van der Waals surface area contributed by atoms with Crippen LogP contribution in [0.15, 0.2) is 30.3 Å². The highest BCUT2D eigenvalue weighted by Crippen LogP contribution is 2.25. The third-order valence-electron chi connectivity index (χ3n) is 4.97. The molecule has 2 rings (SSSR count). The van der Waals surface area contributed by atoms with Crippen molar-refractivity contribution in [3.63, 3.8) is 0 Å². The molecule has 0 radical (unpaired) electrons. The number of carbonyl (C=O) groups is 2. The van der Waals surface area contributed by atoms with Crippen molar-refractivity contribution in [1.29, 1.82) is 0 Å². The molecule has 1 aromatic carbocycles. The third kappa shape index (κ3) is 6.79. The molecule has 2 atom stereocenters. The summed E-state index contributed by atoms with van der Waals surface area (Å²) < 4.78 is 5.26.